The lowest BCUT2D eigenvalue weighted by Gasteiger charge is -2.15. The van der Waals surface area contributed by atoms with Gasteiger partial charge in [-0.1, -0.05) is 6.92 Å². The quantitative estimate of drug-likeness (QED) is 0.558. The Kier molecular flexibility index (Phi) is 6.14. The molecule has 0 radical (unpaired) electrons. The Morgan fingerprint density at radius 1 is 1.50 bits per heavy atom. The molecule has 0 atom stereocenters. The largest absolute Gasteiger partial charge is 0.395 e. The highest BCUT2D eigenvalue weighted by atomic mass is 16.3. The first kappa shape index (κ1) is 9.41. The highest BCUT2D eigenvalue weighted by molar-refractivity contribution is 4.75. The number of aliphatic hydroxyl groups excluding tert-OH is 1. The van der Waals surface area contributed by atoms with Gasteiger partial charge in [0.15, 0.2) is 0 Å². The first-order valence-corrected chi connectivity index (χ1v) is 3.55. The summed E-state index contributed by atoms with van der Waals surface area (Å²) in [7, 11) is 0. The van der Waals surface area contributed by atoms with Crippen molar-refractivity contribution >= 4 is 0 Å². The van der Waals surface area contributed by atoms with Crippen LogP contribution in [0, 0.1) is 11.3 Å². The second-order valence-corrected chi connectivity index (χ2v) is 2.16. The molecule has 0 aromatic carbocycles. The standard InChI is InChI=1S/C7H14N2O/c1-2-4-9(5-3-8)6-7-10/h10H,2,4-7H2,1H3. The highest BCUT2D eigenvalue weighted by Gasteiger charge is 1.99. The van der Waals surface area contributed by atoms with E-state index in [-0.39, 0.29) is 6.61 Å². The second kappa shape index (κ2) is 6.53. The van der Waals surface area contributed by atoms with Gasteiger partial charge in [-0.2, -0.15) is 5.26 Å². The van der Waals surface area contributed by atoms with E-state index in [1.165, 1.54) is 0 Å². The zero-order chi connectivity index (χ0) is 7.82. The fraction of sp³-hybridized carbons (Fsp3) is 0.857. The van der Waals surface area contributed by atoms with Crippen LogP contribution < -0.4 is 0 Å². The fourth-order valence-electron chi connectivity index (χ4n) is 0.828. The topological polar surface area (TPSA) is 47.3 Å². The van der Waals surface area contributed by atoms with Gasteiger partial charge >= 0.3 is 0 Å². The predicted molar refractivity (Wildman–Crippen MR) is 39.4 cm³/mol. The first-order valence-electron chi connectivity index (χ1n) is 3.55. The van der Waals surface area contributed by atoms with Crippen molar-refractivity contribution in [3.05, 3.63) is 0 Å². The average molecular weight is 142 g/mol. The normalized spacial score (nSPS) is 9.80. The molecule has 0 fully saturated rings. The van der Waals surface area contributed by atoms with Crippen LogP contribution in [0.5, 0.6) is 0 Å². The molecule has 0 bridgehead atoms. The molecular weight excluding hydrogens is 128 g/mol. The van der Waals surface area contributed by atoms with Crippen LogP contribution >= 0.6 is 0 Å². The third kappa shape index (κ3) is 4.30. The summed E-state index contributed by atoms with van der Waals surface area (Å²) in [6.07, 6.45) is 1.03. The molecule has 10 heavy (non-hydrogen) atoms. The summed E-state index contributed by atoms with van der Waals surface area (Å²) < 4.78 is 0. The van der Waals surface area contributed by atoms with Gasteiger partial charge in [0.1, 0.15) is 0 Å². The van der Waals surface area contributed by atoms with E-state index in [1.54, 1.807) is 0 Å². The van der Waals surface area contributed by atoms with Crippen LogP contribution in [0.4, 0.5) is 0 Å². The van der Waals surface area contributed by atoms with Gasteiger partial charge < -0.3 is 5.11 Å². The number of nitrogens with zero attached hydrogens (tertiary/aromatic N) is 2. The predicted octanol–water partition coefficient (Wildman–Crippen LogP) is 0.214. The summed E-state index contributed by atoms with van der Waals surface area (Å²) in [4.78, 5) is 1.93. The van der Waals surface area contributed by atoms with Crippen LogP contribution in [0.1, 0.15) is 13.3 Å². The van der Waals surface area contributed by atoms with Crippen molar-refractivity contribution in [3.8, 4) is 6.07 Å². The van der Waals surface area contributed by atoms with E-state index >= 15 is 0 Å². The van der Waals surface area contributed by atoms with Crippen LogP contribution in [0.3, 0.4) is 0 Å². The summed E-state index contributed by atoms with van der Waals surface area (Å²) in [6.45, 7) is 4.13. The number of rotatable bonds is 5. The van der Waals surface area contributed by atoms with E-state index in [0.29, 0.717) is 13.1 Å². The summed E-state index contributed by atoms with van der Waals surface area (Å²) in [5.41, 5.74) is 0. The number of nitriles is 1. The SMILES string of the molecule is CCCN(CC#N)CCO. The van der Waals surface area contributed by atoms with Crippen molar-refractivity contribution < 1.29 is 5.11 Å². The van der Waals surface area contributed by atoms with Crippen LogP contribution in [-0.2, 0) is 0 Å². The van der Waals surface area contributed by atoms with E-state index in [4.69, 9.17) is 10.4 Å². The maximum atomic E-state index is 8.54. The number of hydrogen-bond donors (Lipinski definition) is 1. The third-order valence-corrected chi connectivity index (χ3v) is 1.25. The molecular formula is C7H14N2O. The van der Waals surface area contributed by atoms with Crippen LogP contribution in [0.2, 0.25) is 0 Å². The highest BCUT2D eigenvalue weighted by Crippen LogP contribution is 1.88. The molecule has 0 amide bonds. The van der Waals surface area contributed by atoms with E-state index in [0.717, 1.165) is 13.0 Å². The molecule has 0 aliphatic carbocycles. The maximum Gasteiger partial charge on any atom is 0.0866 e. The molecule has 0 saturated heterocycles. The molecule has 0 aliphatic rings. The molecule has 3 heteroatoms. The van der Waals surface area contributed by atoms with E-state index in [9.17, 15) is 0 Å². The van der Waals surface area contributed by atoms with Gasteiger partial charge in [-0.25, -0.2) is 0 Å². The lowest BCUT2D eigenvalue weighted by Crippen LogP contribution is -2.27. The molecule has 0 rings (SSSR count). The second-order valence-electron chi connectivity index (χ2n) is 2.16. The zero-order valence-electron chi connectivity index (χ0n) is 6.38. The smallest absolute Gasteiger partial charge is 0.0866 e. The molecule has 0 spiro atoms. The molecule has 0 aromatic heterocycles. The van der Waals surface area contributed by atoms with Crippen molar-refractivity contribution in [1.29, 1.82) is 5.26 Å². The summed E-state index contributed by atoms with van der Waals surface area (Å²) >= 11 is 0. The lowest BCUT2D eigenvalue weighted by atomic mass is 10.4. The Morgan fingerprint density at radius 3 is 2.60 bits per heavy atom. The van der Waals surface area contributed by atoms with Crippen LogP contribution in [0.25, 0.3) is 0 Å². The van der Waals surface area contributed by atoms with Gasteiger partial charge in [0.25, 0.3) is 0 Å². The number of hydrogen-bond acceptors (Lipinski definition) is 3. The molecule has 0 aliphatic heterocycles. The maximum absolute atomic E-state index is 8.54. The average Bonchev–Trinajstić information content (AvgIpc) is 1.90. The Labute approximate surface area is 61.9 Å². The van der Waals surface area contributed by atoms with E-state index in [2.05, 4.69) is 13.0 Å². The summed E-state index contributed by atoms with van der Waals surface area (Å²) in [5, 5.41) is 16.9. The first-order chi connectivity index (χ1) is 4.85. The summed E-state index contributed by atoms with van der Waals surface area (Å²) in [6, 6.07) is 2.05. The minimum absolute atomic E-state index is 0.141. The van der Waals surface area contributed by atoms with Gasteiger partial charge in [0.2, 0.25) is 0 Å². The third-order valence-electron chi connectivity index (χ3n) is 1.25. The Morgan fingerprint density at radius 2 is 2.20 bits per heavy atom. The molecule has 0 heterocycles. The van der Waals surface area contributed by atoms with Crippen molar-refractivity contribution in [2.24, 2.45) is 0 Å². The van der Waals surface area contributed by atoms with Gasteiger partial charge in [-0.3, -0.25) is 4.90 Å². The molecule has 3 nitrogen and oxygen atoms in total. The van der Waals surface area contributed by atoms with Gasteiger partial charge in [0.05, 0.1) is 19.2 Å². The van der Waals surface area contributed by atoms with Gasteiger partial charge in [0, 0.05) is 6.54 Å². The van der Waals surface area contributed by atoms with Gasteiger partial charge in [-0.15, -0.1) is 0 Å². The van der Waals surface area contributed by atoms with Gasteiger partial charge in [-0.05, 0) is 13.0 Å². The molecule has 0 unspecified atom stereocenters. The van der Waals surface area contributed by atoms with Crippen molar-refractivity contribution in [3.63, 3.8) is 0 Å². The zero-order valence-corrected chi connectivity index (χ0v) is 6.38. The lowest BCUT2D eigenvalue weighted by molar-refractivity contribution is 0.210. The molecule has 0 aromatic rings. The van der Waals surface area contributed by atoms with E-state index in [1.807, 2.05) is 4.90 Å². The van der Waals surface area contributed by atoms with Crippen molar-refractivity contribution in [2.45, 2.75) is 13.3 Å². The fourth-order valence-corrected chi connectivity index (χ4v) is 0.828. The number of aliphatic hydroxyl groups is 1. The Hall–Kier alpha value is -0.590. The monoisotopic (exact) mass is 142 g/mol. The van der Waals surface area contributed by atoms with Crippen LogP contribution in [0.15, 0.2) is 0 Å². The van der Waals surface area contributed by atoms with Crippen molar-refractivity contribution in [1.82, 2.24) is 4.90 Å². The molecule has 1 N–H and O–H groups in total. The Balaban J connectivity index is 3.42. The van der Waals surface area contributed by atoms with Crippen molar-refractivity contribution in [2.75, 3.05) is 26.2 Å². The molecule has 58 valence electrons. The van der Waals surface area contributed by atoms with E-state index < -0.39 is 0 Å². The summed E-state index contributed by atoms with van der Waals surface area (Å²) in [5.74, 6) is 0. The van der Waals surface area contributed by atoms with Crippen LogP contribution in [-0.4, -0.2) is 36.2 Å². The Bertz CT molecular complexity index is 103. The minimum atomic E-state index is 0.141. The minimum Gasteiger partial charge on any atom is -0.395 e. The molecule has 0 saturated carbocycles.